The van der Waals surface area contributed by atoms with Crippen molar-refractivity contribution in [1.29, 1.82) is 0 Å². The minimum atomic E-state index is -4.76. The number of nitrogens with one attached hydrogen (secondary N) is 2. The smallest absolute Gasteiger partial charge is 0.484 e. The van der Waals surface area contributed by atoms with Crippen LogP contribution in [0.1, 0.15) is 39.0 Å². The zero-order chi connectivity index (χ0) is 28.4. The number of ether oxygens (including phenoxy) is 3. The number of methoxy groups -OCH3 is 1. The van der Waals surface area contributed by atoms with Crippen LogP contribution in [0.5, 0.6) is 11.5 Å². The normalized spacial score (nSPS) is 13.7. The number of imidazole rings is 1. The molecule has 0 aliphatic heterocycles. The summed E-state index contributed by atoms with van der Waals surface area (Å²) in [7, 11) is 2.69. The second-order valence-corrected chi connectivity index (χ2v) is 9.32. The predicted molar refractivity (Wildman–Crippen MR) is 140 cm³/mol. The summed E-state index contributed by atoms with van der Waals surface area (Å²) in [5, 5.41) is 2.94. The van der Waals surface area contributed by atoms with Gasteiger partial charge in [0.05, 0.1) is 18.1 Å². The lowest BCUT2D eigenvalue weighted by Crippen LogP contribution is -2.35. The van der Waals surface area contributed by atoms with Gasteiger partial charge < -0.3 is 29.4 Å². The Hall–Kier alpha value is -3.96. The summed E-state index contributed by atoms with van der Waals surface area (Å²) in [5.74, 6) is 0.523. The Bertz CT molecular complexity index is 1220. The van der Waals surface area contributed by atoms with Crippen LogP contribution < -0.4 is 14.8 Å². The maximum Gasteiger partial charge on any atom is 0.573 e. The third kappa shape index (κ3) is 10.0. The zero-order valence-corrected chi connectivity index (χ0v) is 22.1. The van der Waals surface area contributed by atoms with Gasteiger partial charge in [-0.05, 0) is 42.3 Å². The number of likely N-dealkylation sites (N-methyl/N-ethyl adjacent to an activating group) is 1. The second-order valence-electron chi connectivity index (χ2n) is 9.32. The average molecular weight is 551 g/mol. The van der Waals surface area contributed by atoms with Gasteiger partial charge in [0.1, 0.15) is 18.0 Å². The molecular formula is C27H33F3N4O5. The molecule has 9 nitrogen and oxygen atoms in total. The molecule has 1 fully saturated rings. The van der Waals surface area contributed by atoms with E-state index in [1.54, 1.807) is 18.2 Å². The summed E-state index contributed by atoms with van der Waals surface area (Å²) in [4.78, 5) is 31.8. The lowest BCUT2D eigenvalue weighted by molar-refractivity contribution is -0.274. The first kappa shape index (κ1) is 29.6. The highest BCUT2D eigenvalue weighted by Gasteiger charge is 2.31. The average Bonchev–Trinajstić information content (AvgIpc) is 3.29. The first-order chi connectivity index (χ1) is 18.5. The highest BCUT2D eigenvalue weighted by Crippen LogP contribution is 2.26. The molecule has 1 amide bonds. The Kier molecular flexibility index (Phi) is 10.4. The van der Waals surface area contributed by atoms with Crippen LogP contribution in [0.25, 0.3) is 11.0 Å². The van der Waals surface area contributed by atoms with Crippen LogP contribution >= 0.6 is 0 Å². The molecule has 1 aliphatic carbocycles. The zero-order valence-electron chi connectivity index (χ0n) is 22.1. The number of H-pyrrole nitrogens is 1. The number of nitrogens with zero attached hydrogens (tertiary/aromatic N) is 2. The number of hydrogen-bond donors (Lipinski definition) is 2. The lowest BCUT2D eigenvalue weighted by Gasteiger charge is -2.15. The molecule has 39 heavy (non-hydrogen) atoms. The Balaban J connectivity index is 0.000000520. The summed E-state index contributed by atoms with van der Waals surface area (Å²) >= 11 is 0. The molecule has 0 unspecified atom stereocenters. The fourth-order valence-corrected chi connectivity index (χ4v) is 3.92. The molecule has 2 aromatic carbocycles. The van der Waals surface area contributed by atoms with Crippen LogP contribution in [0, 0.1) is 5.92 Å². The molecule has 1 saturated carbocycles. The van der Waals surface area contributed by atoms with Gasteiger partial charge in [0, 0.05) is 18.8 Å². The van der Waals surface area contributed by atoms with Crippen LogP contribution in [0.15, 0.2) is 42.5 Å². The SMILES string of the molecule is CC1CCCCC1.COC(=O)CN(C)C(=O)COc1ccc2nc(Nc3ccc(OC(F)(F)F)cc3)[nH]c2c1. The van der Waals surface area contributed by atoms with Crippen molar-refractivity contribution >= 4 is 34.5 Å². The molecule has 4 rings (SSSR count). The van der Waals surface area contributed by atoms with Gasteiger partial charge in [-0.15, -0.1) is 13.2 Å². The van der Waals surface area contributed by atoms with Gasteiger partial charge in [0.2, 0.25) is 5.95 Å². The molecule has 212 valence electrons. The number of aromatic amines is 1. The van der Waals surface area contributed by atoms with E-state index in [1.807, 2.05) is 0 Å². The summed E-state index contributed by atoms with van der Waals surface area (Å²) in [6, 6.07) is 10.1. The molecular weight excluding hydrogens is 517 g/mol. The van der Waals surface area contributed by atoms with Crippen molar-refractivity contribution in [3.05, 3.63) is 42.5 Å². The van der Waals surface area contributed by atoms with Gasteiger partial charge in [-0.25, -0.2) is 4.98 Å². The van der Waals surface area contributed by atoms with E-state index in [-0.39, 0.29) is 18.9 Å². The number of hydrogen-bond acceptors (Lipinski definition) is 7. The molecule has 3 aromatic rings. The number of rotatable bonds is 8. The number of benzene rings is 2. The Morgan fingerprint density at radius 1 is 1.08 bits per heavy atom. The van der Waals surface area contributed by atoms with Crippen LogP contribution in [0.3, 0.4) is 0 Å². The Labute approximate surface area is 224 Å². The maximum absolute atomic E-state index is 12.2. The minimum Gasteiger partial charge on any atom is -0.484 e. The van der Waals surface area contributed by atoms with E-state index >= 15 is 0 Å². The fourth-order valence-electron chi connectivity index (χ4n) is 3.92. The maximum atomic E-state index is 12.2. The summed E-state index contributed by atoms with van der Waals surface area (Å²) in [5.41, 5.74) is 1.71. The molecule has 0 radical (unpaired) electrons. The fraction of sp³-hybridized carbons (Fsp3) is 0.444. The monoisotopic (exact) mass is 550 g/mol. The predicted octanol–water partition coefficient (Wildman–Crippen LogP) is 5.80. The van der Waals surface area contributed by atoms with Crippen molar-refractivity contribution in [2.45, 2.75) is 45.4 Å². The third-order valence-corrected chi connectivity index (χ3v) is 6.08. The van der Waals surface area contributed by atoms with E-state index in [0.29, 0.717) is 28.4 Å². The largest absolute Gasteiger partial charge is 0.573 e. The van der Waals surface area contributed by atoms with Crippen LogP contribution in [-0.2, 0) is 14.3 Å². The highest BCUT2D eigenvalue weighted by atomic mass is 19.4. The topological polar surface area (TPSA) is 106 Å². The molecule has 0 atom stereocenters. The van der Waals surface area contributed by atoms with Crippen molar-refractivity contribution in [3.63, 3.8) is 0 Å². The second kappa shape index (κ2) is 13.7. The van der Waals surface area contributed by atoms with Gasteiger partial charge in [-0.2, -0.15) is 0 Å². The first-order valence-corrected chi connectivity index (χ1v) is 12.6. The minimum absolute atomic E-state index is 0.184. The van der Waals surface area contributed by atoms with E-state index in [9.17, 15) is 22.8 Å². The van der Waals surface area contributed by atoms with Crippen molar-refractivity contribution in [2.75, 3.05) is 32.6 Å². The van der Waals surface area contributed by atoms with Crippen molar-refractivity contribution in [1.82, 2.24) is 14.9 Å². The van der Waals surface area contributed by atoms with Gasteiger partial charge >= 0.3 is 12.3 Å². The van der Waals surface area contributed by atoms with E-state index in [4.69, 9.17) is 4.74 Å². The highest BCUT2D eigenvalue weighted by molar-refractivity contribution is 5.83. The Morgan fingerprint density at radius 2 is 1.74 bits per heavy atom. The van der Waals surface area contributed by atoms with E-state index in [0.717, 1.165) is 5.92 Å². The molecule has 12 heteroatoms. The van der Waals surface area contributed by atoms with Gasteiger partial charge in [0.25, 0.3) is 5.91 Å². The molecule has 0 bridgehead atoms. The molecule has 2 N–H and O–H groups in total. The quantitative estimate of drug-likeness (QED) is 0.342. The van der Waals surface area contributed by atoms with Gasteiger partial charge in [0.15, 0.2) is 6.61 Å². The van der Waals surface area contributed by atoms with Gasteiger partial charge in [-0.1, -0.05) is 39.0 Å². The number of halogens is 3. The molecule has 0 spiro atoms. The number of fused-ring (bicyclic) bond motifs is 1. The Morgan fingerprint density at radius 3 is 2.33 bits per heavy atom. The standard InChI is InChI=1S/C20H19F3N4O5.C7H14/c1-27(10-18(29)30-2)17(28)11-31-14-7-8-15-16(9-14)26-19(25-15)24-12-3-5-13(6-4-12)32-20(21,22)23;1-7-5-3-2-4-6-7/h3-9H,10-11H2,1-2H3,(H2,24,25,26);7H,2-6H2,1H3. The van der Waals surface area contributed by atoms with Crippen LogP contribution in [0.4, 0.5) is 24.8 Å². The third-order valence-electron chi connectivity index (χ3n) is 6.08. The van der Waals surface area contributed by atoms with Crippen LogP contribution in [0.2, 0.25) is 0 Å². The van der Waals surface area contributed by atoms with E-state index in [2.05, 4.69) is 31.7 Å². The summed E-state index contributed by atoms with van der Waals surface area (Å²) in [6.45, 7) is 1.90. The van der Waals surface area contributed by atoms with Crippen molar-refractivity contribution in [2.24, 2.45) is 5.92 Å². The molecule has 1 aromatic heterocycles. The van der Waals surface area contributed by atoms with Crippen molar-refractivity contribution < 1.29 is 37.0 Å². The van der Waals surface area contributed by atoms with Crippen LogP contribution in [-0.4, -0.2) is 60.4 Å². The molecule has 0 saturated heterocycles. The number of carbonyl (C=O) groups excluding carboxylic acids is 2. The number of alkyl halides is 3. The van der Waals surface area contributed by atoms with E-state index in [1.165, 1.54) is 75.4 Å². The number of carbonyl (C=O) groups is 2. The first-order valence-electron chi connectivity index (χ1n) is 12.6. The number of anilines is 2. The summed E-state index contributed by atoms with van der Waals surface area (Å²) < 4.78 is 50.5. The number of esters is 1. The lowest BCUT2D eigenvalue weighted by atomic mass is 9.91. The van der Waals surface area contributed by atoms with Crippen molar-refractivity contribution in [3.8, 4) is 11.5 Å². The molecule has 1 heterocycles. The number of aromatic nitrogens is 2. The molecule has 1 aliphatic rings. The van der Waals surface area contributed by atoms with E-state index < -0.39 is 18.2 Å². The number of amides is 1. The summed E-state index contributed by atoms with van der Waals surface area (Å²) in [6.07, 6.45) is 2.68. The van der Waals surface area contributed by atoms with Gasteiger partial charge in [-0.3, -0.25) is 9.59 Å².